The van der Waals surface area contributed by atoms with Crippen molar-refractivity contribution >= 4 is 17.4 Å². The van der Waals surface area contributed by atoms with Gasteiger partial charge in [0, 0.05) is 51.3 Å². The highest BCUT2D eigenvalue weighted by atomic mass is 16.2. The Labute approximate surface area is 114 Å². The molecule has 19 heavy (non-hydrogen) atoms. The van der Waals surface area contributed by atoms with Crippen LogP contribution in [0.1, 0.15) is 29.6 Å². The van der Waals surface area contributed by atoms with Crippen LogP contribution >= 0.6 is 0 Å². The van der Waals surface area contributed by atoms with Gasteiger partial charge in [0.1, 0.15) is 0 Å². The zero-order chi connectivity index (χ0) is 13.8. The Morgan fingerprint density at radius 3 is 2.79 bits per heavy atom. The number of hydrogen-bond donors (Lipinski definition) is 0. The fraction of sp³-hybridized carbons (Fsp3) is 0.467. The minimum absolute atomic E-state index is 0.154. The SMILES string of the molecule is CN(C)C(=O)CCCN1CCC(=O)c2ccccc21. The summed E-state index contributed by atoms with van der Waals surface area (Å²) in [7, 11) is 3.55. The van der Waals surface area contributed by atoms with Crippen LogP contribution in [0.5, 0.6) is 0 Å². The molecule has 0 atom stereocenters. The summed E-state index contributed by atoms with van der Waals surface area (Å²) in [5.41, 5.74) is 1.82. The molecule has 1 aliphatic rings. The molecule has 4 heteroatoms. The van der Waals surface area contributed by atoms with Crippen molar-refractivity contribution in [2.24, 2.45) is 0 Å². The number of hydrogen-bond acceptors (Lipinski definition) is 3. The third-order valence-electron chi connectivity index (χ3n) is 3.47. The van der Waals surface area contributed by atoms with Crippen LogP contribution in [-0.4, -0.2) is 43.8 Å². The first-order chi connectivity index (χ1) is 9.09. The van der Waals surface area contributed by atoms with Crippen molar-refractivity contribution in [1.29, 1.82) is 0 Å². The Hall–Kier alpha value is -1.84. The predicted molar refractivity (Wildman–Crippen MR) is 75.5 cm³/mol. The van der Waals surface area contributed by atoms with Crippen molar-refractivity contribution in [3.8, 4) is 0 Å². The number of benzene rings is 1. The van der Waals surface area contributed by atoms with Crippen molar-refractivity contribution in [2.45, 2.75) is 19.3 Å². The second-order valence-corrected chi connectivity index (χ2v) is 5.07. The minimum Gasteiger partial charge on any atom is -0.370 e. The summed E-state index contributed by atoms with van der Waals surface area (Å²) < 4.78 is 0. The van der Waals surface area contributed by atoms with Crippen LogP contribution in [0, 0.1) is 0 Å². The molecular weight excluding hydrogens is 240 g/mol. The number of fused-ring (bicyclic) bond motifs is 1. The van der Waals surface area contributed by atoms with Gasteiger partial charge in [-0.25, -0.2) is 0 Å². The van der Waals surface area contributed by atoms with E-state index in [4.69, 9.17) is 0 Å². The van der Waals surface area contributed by atoms with Crippen molar-refractivity contribution in [2.75, 3.05) is 32.1 Å². The quantitative estimate of drug-likeness (QED) is 0.830. The summed E-state index contributed by atoms with van der Waals surface area (Å²) in [6.45, 7) is 1.58. The molecule has 1 aliphatic heterocycles. The summed E-state index contributed by atoms with van der Waals surface area (Å²) in [5.74, 6) is 0.373. The highest BCUT2D eigenvalue weighted by molar-refractivity contribution is 6.03. The Bertz CT molecular complexity index is 483. The number of Topliss-reactive ketones (excluding diaryl/α,β-unsaturated/α-hetero) is 1. The molecule has 1 heterocycles. The standard InChI is InChI=1S/C15H20N2O2/c1-16(2)15(19)8-5-10-17-11-9-14(18)12-6-3-4-7-13(12)17/h3-4,6-7H,5,8-11H2,1-2H3. The number of carbonyl (C=O) groups is 2. The zero-order valence-electron chi connectivity index (χ0n) is 11.6. The molecule has 0 N–H and O–H groups in total. The first-order valence-corrected chi connectivity index (χ1v) is 6.67. The van der Waals surface area contributed by atoms with Crippen LogP contribution in [0.15, 0.2) is 24.3 Å². The molecule has 0 fully saturated rings. The first kappa shape index (κ1) is 13.6. The fourth-order valence-electron chi connectivity index (χ4n) is 2.35. The van der Waals surface area contributed by atoms with Crippen molar-refractivity contribution in [3.63, 3.8) is 0 Å². The van der Waals surface area contributed by atoms with E-state index in [0.29, 0.717) is 12.8 Å². The van der Waals surface area contributed by atoms with Crippen LogP contribution in [0.25, 0.3) is 0 Å². The molecule has 0 bridgehead atoms. The van der Waals surface area contributed by atoms with Crippen LogP contribution in [-0.2, 0) is 4.79 Å². The number of rotatable bonds is 4. The maximum atomic E-state index is 11.8. The molecular formula is C15H20N2O2. The van der Waals surface area contributed by atoms with E-state index in [9.17, 15) is 9.59 Å². The Balaban J connectivity index is 1.97. The van der Waals surface area contributed by atoms with E-state index in [1.807, 2.05) is 24.3 Å². The van der Waals surface area contributed by atoms with E-state index >= 15 is 0 Å². The van der Waals surface area contributed by atoms with E-state index in [1.165, 1.54) is 0 Å². The van der Waals surface area contributed by atoms with Crippen LogP contribution in [0.4, 0.5) is 5.69 Å². The minimum atomic E-state index is 0.154. The number of nitrogens with zero attached hydrogens (tertiary/aromatic N) is 2. The van der Waals surface area contributed by atoms with Gasteiger partial charge in [-0.15, -0.1) is 0 Å². The normalized spacial score (nSPS) is 14.2. The molecule has 0 radical (unpaired) electrons. The van der Waals surface area contributed by atoms with Gasteiger partial charge in [-0.05, 0) is 18.6 Å². The van der Waals surface area contributed by atoms with Gasteiger partial charge in [0.25, 0.3) is 0 Å². The monoisotopic (exact) mass is 260 g/mol. The molecule has 1 aromatic rings. The second kappa shape index (κ2) is 5.87. The average molecular weight is 260 g/mol. The van der Waals surface area contributed by atoms with Crippen molar-refractivity contribution in [3.05, 3.63) is 29.8 Å². The zero-order valence-corrected chi connectivity index (χ0v) is 11.6. The first-order valence-electron chi connectivity index (χ1n) is 6.67. The molecule has 0 unspecified atom stereocenters. The van der Waals surface area contributed by atoms with Gasteiger partial charge in [0.05, 0.1) is 0 Å². The van der Waals surface area contributed by atoms with E-state index in [2.05, 4.69) is 4.90 Å². The number of para-hydroxylation sites is 1. The van der Waals surface area contributed by atoms with E-state index < -0.39 is 0 Å². The van der Waals surface area contributed by atoms with Gasteiger partial charge in [-0.1, -0.05) is 12.1 Å². The molecule has 1 amide bonds. The van der Waals surface area contributed by atoms with Crippen LogP contribution in [0.2, 0.25) is 0 Å². The molecule has 0 saturated heterocycles. The average Bonchev–Trinajstić information content (AvgIpc) is 2.41. The van der Waals surface area contributed by atoms with Gasteiger partial charge < -0.3 is 9.80 Å². The number of amides is 1. The lowest BCUT2D eigenvalue weighted by atomic mass is 10.00. The number of anilines is 1. The molecule has 102 valence electrons. The largest absolute Gasteiger partial charge is 0.370 e. The molecule has 0 aliphatic carbocycles. The maximum Gasteiger partial charge on any atom is 0.222 e. The van der Waals surface area contributed by atoms with E-state index in [-0.39, 0.29) is 11.7 Å². The van der Waals surface area contributed by atoms with Crippen molar-refractivity contribution in [1.82, 2.24) is 4.90 Å². The van der Waals surface area contributed by atoms with Gasteiger partial charge in [0.2, 0.25) is 5.91 Å². The molecule has 1 aromatic carbocycles. The van der Waals surface area contributed by atoms with Crippen molar-refractivity contribution < 1.29 is 9.59 Å². The topological polar surface area (TPSA) is 40.6 Å². The third-order valence-corrected chi connectivity index (χ3v) is 3.47. The number of ketones is 1. The smallest absolute Gasteiger partial charge is 0.222 e. The van der Waals surface area contributed by atoms with E-state index in [0.717, 1.165) is 30.8 Å². The molecule has 2 rings (SSSR count). The lowest BCUT2D eigenvalue weighted by Crippen LogP contribution is -2.33. The summed E-state index contributed by atoms with van der Waals surface area (Å²) in [5, 5.41) is 0. The summed E-state index contributed by atoms with van der Waals surface area (Å²) in [4.78, 5) is 27.2. The predicted octanol–water partition coefficient (Wildman–Crippen LogP) is 1.95. The van der Waals surface area contributed by atoms with Gasteiger partial charge >= 0.3 is 0 Å². The van der Waals surface area contributed by atoms with Gasteiger partial charge in [0.15, 0.2) is 5.78 Å². The highest BCUT2D eigenvalue weighted by Gasteiger charge is 2.22. The van der Waals surface area contributed by atoms with E-state index in [1.54, 1.807) is 19.0 Å². The summed E-state index contributed by atoms with van der Waals surface area (Å²) in [6.07, 6.45) is 1.94. The Morgan fingerprint density at radius 2 is 2.05 bits per heavy atom. The molecule has 0 aromatic heterocycles. The second-order valence-electron chi connectivity index (χ2n) is 5.07. The van der Waals surface area contributed by atoms with Gasteiger partial charge in [-0.3, -0.25) is 9.59 Å². The van der Waals surface area contributed by atoms with Gasteiger partial charge in [-0.2, -0.15) is 0 Å². The highest BCUT2D eigenvalue weighted by Crippen LogP contribution is 2.26. The third kappa shape index (κ3) is 3.13. The lowest BCUT2D eigenvalue weighted by molar-refractivity contribution is -0.128. The van der Waals surface area contributed by atoms with Crippen LogP contribution in [0.3, 0.4) is 0 Å². The van der Waals surface area contributed by atoms with Crippen LogP contribution < -0.4 is 4.90 Å². The molecule has 0 spiro atoms. The summed E-state index contributed by atoms with van der Waals surface area (Å²) >= 11 is 0. The lowest BCUT2D eigenvalue weighted by Gasteiger charge is -2.30. The molecule has 4 nitrogen and oxygen atoms in total. The fourth-order valence-corrected chi connectivity index (χ4v) is 2.35. The number of carbonyl (C=O) groups excluding carboxylic acids is 2. The maximum absolute atomic E-state index is 11.8. The Morgan fingerprint density at radius 1 is 1.32 bits per heavy atom. The molecule has 0 saturated carbocycles. The summed E-state index contributed by atoms with van der Waals surface area (Å²) in [6, 6.07) is 7.72. The Kier molecular flexibility index (Phi) is 4.20.